The lowest BCUT2D eigenvalue weighted by atomic mass is 9.99. The first-order valence-corrected chi connectivity index (χ1v) is 10.3. The highest BCUT2D eigenvalue weighted by atomic mass is 35.5. The van der Waals surface area contributed by atoms with Crippen molar-refractivity contribution in [1.82, 2.24) is 19.5 Å². The summed E-state index contributed by atoms with van der Waals surface area (Å²) in [6.07, 6.45) is 4.10. The van der Waals surface area contributed by atoms with E-state index in [1.807, 2.05) is 13.0 Å². The fourth-order valence-electron chi connectivity index (χ4n) is 3.57. The highest BCUT2D eigenvalue weighted by molar-refractivity contribution is 6.30. The Kier molecular flexibility index (Phi) is 6.17. The lowest BCUT2D eigenvalue weighted by molar-refractivity contribution is 0.0995. The predicted octanol–water partition coefficient (Wildman–Crippen LogP) is 2.05. The van der Waals surface area contributed by atoms with Gasteiger partial charge in [-0.15, -0.1) is 0 Å². The van der Waals surface area contributed by atoms with Crippen molar-refractivity contribution in [3.8, 4) is 5.82 Å². The van der Waals surface area contributed by atoms with Crippen LogP contribution in [0.4, 0.5) is 5.95 Å². The Morgan fingerprint density at radius 1 is 1.45 bits per heavy atom. The number of hydrogen-bond acceptors (Lipinski definition) is 7. The molecule has 1 aliphatic heterocycles. The molecule has 4 rings (SSSR count). The van der Waals surface area contributed by atoms with Gasteiger partial charge in [0.05, 0.1) is 25.2 Å². The second-order valence-electron chi connectivity index (χ2n) is 7.41. The van der Waals surface area contributed by atoms with Crippen LogP contribution in [-0.4, -0.2) is 56.4 Å². The minimum Gasteiger partial charge on any atom is -0.395 e. The van der Waals surface area contributed by atoms with E-state index >= 15 is 0 Å². The van der Waals surface area contributed by atoms with Crippen molar-refractivity contribution in [3.63, 3.8) is 0 Å². The van der Waals surface area contributed by atoms with Gasteiger partial charge < -0.3 is 20.9 Å². The number of nitrogens with two attached hydrogens (primary N) is 1. The van der Waals surface area contributed by atoms with Crippen LogP contribution in [0.5, 0.6) is 0 Å². The summed E-state index contributed by atoms with van der Waals surface area (Å²) in [4.78, 5) is 25.3. The number of carbonyl (C=O) groups is 1. The number of anilines is 1. The van der Waals surface area contributed by atoms with Crippen molar-refractivity contribution in [2.75, 3.05) is 25.1 Å². The Labute approximate surface area is 184 Å². The van der Waals surface area contributed by atoms with Gasteiger partial charge in [0.25, 0.3) is 5.91 Å². The molecule has 0 unspecified atom stereocenters. The topological polar surface area (TPSA) is 128 Å². The molecule has 1 aromatic carbocycles. The van der Waals surface area contributed by atoms with Crippen molar-refractivity contribution in [3.05, 3.63) is 64.3 Å². The van der Waals surface area contributed by atoms with E-state index in [0.717, 1.165) is 17.5 Å². The minimum absolute atomic E-state index is 0.0761. The maximum Gasteiger partial charge on any atom is 0.268 e. The molecule has 1 aliphatic rings. The van der Waals surface area contributed by atoms with Crippen LogP contribution in [0.2, 0.25) is 5.02 Å². The van der Waals surface area contributed by atoms with E-state index in [9.17, 15) is 9.90 Å². The normalized spacial score (nSPS) is 16.9. The quantitative estimate of drug-likeness (QED) is 0.510. The molecule has 162 valence electrons. The average molecular weight is 443 g/mol. The van der Waals surface area contributed by atoms with Crippen molar-refractivity contribution < 1.29 is 14.6 Å². The van der Waals surface area contributed by atoms with Gasteiger partial charge in [-0.3, -0.25) is 9.36 Å². The fraction of sp³-hybridized carbons (Fsp3) is 0.333. The van der Waals surface area contributed by atoms with Gasteiger partial charge in [0.2, 0.25) is 5.95 Å². The molecule has 0 saturated carbocycles. The summed E-state index contributed by atoms with van der Waals surface area (Å²) in [5.74, 6) is 0.193. The highest BCUT2D eigenvalue weighted by Gasteiger charge is 2.25. The maximum absolute atomic E-state index is 11.9. The highest BCUT2D eigenvalue weighted by Crippen LogP contribution is 2.28. The number of aliphatic hydroxyl groups is 1. The van der Waals surface area contributed by atoms with Gasteiger partial charge in [0.15, 0.2) is 0 Å². The number of benzene rings is 1. The van der Waals surface area contributed by atoms with Gasteiger partial charge in [-0.25, -0.2) is 9.97 Å². The summed E-state index contributed by atoms with van der Waals surface area (Å²) in [6, 6.07) is 7.28. The maximum atomic E-state index is 11.9. The van der Waals surface area contributed by atoms with E-state index in [2.05, 4.69) is 20.3 Å². The zero-order valence-electron chi connectivity index (χ0n) is 17.0. The van der Waals surface area contributed by atoms with Crippen LogP contribution in [0, 0.1) is 6.92 Å². The number of carbonyl (C=O) groups excluding carboxylic acids is 1. The van der Waals surface area contributed by atoms with Crippen LogP contribution >= 0.6 is 11.6 Å². The zero-order chi connectivity index (χ0) is 22.0. The van der Waals surface area contributed by atoms with Crippen LogP contribution in [-0.2, 0) is 4.74 Å². The Bertz CT molecular complexity index is 1100. The molecule has 1 fully saturated rings. The van der Waals surface area contributed by atoms with Crippen molar-refractivity contribution in [2.24, 2.45) is 5.73 Å². The number of halogens is 1. The Hall–Kier alpha value is -3.01. The van der Waals surface area contributed by atoms with E-state index in [0.29, 0.717) is 35.8 Å². The molecule has 10 heteroatoms. The molecule has 9 nitrogen and oxygen atoms in total. The molecule has 4 N–H and O–H groups in total. The predicted molar refractivity (Wildman–Crippen MR) is 116 cm³/mol. The summed E-state index contributed by atoms with van der Waals surface area (Å²) in [5.41, 5.74) is 7.10. The number of primary amides is 1. The van der Waals surface area contributed by atoms with Crippen molar-refractivity contribution in [1.29, 1.82) is 0 Å². The molecule has 3 aromatic rings. The Balaban J connectivity index is 1.80. The third-order valence-electron chi connectivity index (χ3n) is 5.17. The number of amides is 1. The number of aryl methyl sites for hydroxylation is 1. The molecule has 0 aliphatic carbocycles. The molecule has 0 spiro atoms. The van der Waals surface area contributed by atoms with Crippen molar-refractivity contribution >= 4 is 23.5 Å². The van der Waals surface area contributed by atoms with E-state index < -0.39 is 11.8 Å². The summed E-state index contributed by atoms with van der Waals surface area (Å²) in [5, 5.41) is 14.0. The Morgan fingerprint density at radius 2 is 2.29 bits per heavy atom. The number of aliphatic hydroxyl groups excluding tert-OH is 1. The molecular weight excluding hydrogens is 420 g/mol. The first-order valence-electron chi connectivity index (χ1n) is 9.90. The minimum atomic E-state index is -0.670. The first kappa shape index (κ1) is 21.2. The zero-order valence-corrected chi connectivity index (χ0v) is 17.7. The van der Waals surface area contributed by atoms with Crippen LogP contribution in [0.1, 0.15) is 39.8 Å². The van der Waals surface area contributed by atoms with E-state index in [1.165, 1.54) is 6.20 Å². The monoisotopic (exact) mass is 442 g/mol. The number of nitrogens with one attached hydrogen (secondary N) is 1. The second-order valence-corrected chi connectivity index (χ2v) is 7.85. The van der Waals surface area contributed by atoms with Crippen LogP contribution < -0.4 is 11.1 Å². The third-order valence-corrected chi connectivity index (χ3v) is 5.40. The molecule has 1 saturated heterocycles. The number of ether oxygens (including phenoxy) is 1. The largest absolute Gasteiger partial charge is 0.395 e. The Morgan fingerprint density at radius 3 is 2.97 bits per heavy atom. The number of hydrogen-bond donors (Lipinski definition) is 3. The van der Waals surface area contributed by atoms with Crippen molar-refractivity contribution in [2.45, 2.75) is 25.3 Å². The van der Waals surface area contributed by atoms with Gasteiger partial charge in [-0.05, 0) is 31.0 Å². The molecule has 2 aromatic heterocycles. The first-order chi connectivity index (χ1) is 15.0. The lowest BCUT2D eigenvalue weighted by Crippen LogP contribution is -2.21. The van der Waals surface area contributed by atoms with Gasteiger partial charge >= 0.3 is 0 Å². The molecule has 2 atom stereocenters. The van der Waals surface area contributed by atoms with Crippen LogP contribution in [0.15, 0.2) is 36.7 Å². The third kappa shape index (κ3) is 4.53. The van der Waals surface area contributed by atoms with Gasteiger partial charge in [0, 0.05) is 29.6 Å². The fourth-order valence-corrected chi connectivity index (χ4v) is 3.76. The second kappa shape index (κ2) is 9.01. The van der Waals surface area contributed by atoms with Crippen LogP contribution in [0.25, 0.3) is 5.82 Å². The molecule has 1 amide bonds. The average Bonchev–Trinajstić information content (AvgIpc) is 3.41. The summed E-state index contributed by atoms with van der Waals surface area (Å²) >= 11 is 6.15. The number of imidazole rings is 1. The van der Waals surface area contributed by atoms with Gasteiger partial charge in [0.1, 0.15) is 17.3 Å². The van der Waals surface area contributed by atoms with Gasteiger partial charge in [-0.2, -0.15) is 4.98 Å². The number of rotatable bonds is 7. The summed E-state index contributed by atoms with van der Waals surface area (Å²) in [6.45, 7) is 2.90. The molecule has 3 heterocycles. The molecule has 31 heavy (non-hydrogen) atoms. The summed E-state index contributed by atoms with van der Waals surface area (Å²) < 4.78 is 7.07. The summed E-state index contributed by atoms with van der Waals surface area (Å²) in [7, 11) is 0. The lowest BCUT2D eigenvalue weighted by Gasteiger charge is -2.18. The standard InChI is InChI=1S/C21H23ClN6O3/c1-12-8-24-21(25-15-5-6-31-11-15)27-19(12)28-9-17(18(23)30)26-20(28)16(10-29)13-3-2-4-14(22)7-13/h2-4,7-9,15-16,29H,5-6,10-11H2,1H3,(H2,23,30)(H,24,25,27)/t15-,16+/m1/s1. The van der Waals surface area contributed by atoms with E-state index in [4.69, 9.17) is 22.1 Å². The smallest absolute Gasteiger partial charge is 0.268 e. The molecule has 0 bridgehead atoms. The SMILES string of the molecule is Cc1cnc(N[C@@H]2CCOC2)nc1-n1cc(C(N)=O)nc1[C@@H](CO)c1cccc(Cl)c1. The molecular formula is C21H23ClN6O3. The van der Waals surface area contributed by atoms with E-state index in [1.54, 1.807) is 29.0 Å². The van der Waals surface area contributed by atoms with Gasteiger partial charge in [-0.1, -0.05) is 23.7 Å². The molecule has 0 radical (unpaired) electrons. The van der Waals surface area contributed by atoms with E-state index in [-0.39, 0.29) is 18.3 Å². The number of nitrogens with zero attached hydrogens (tertiary/aromatic N) is 4. The number of aromatic nitrogens is 4. The van der Waals surface area contributed by atoms with Crippen LogP contribution in [0.3, 0.4) is 0 Å².